The lowest BCUT2D eigenvalue weighted by Gasteiger charge is -2.06. The summed E-state index contributed by atoms with van der Waals surface area (Å²) in [7, 11) is 0. The van der Waals surface area contributed by atoms with Crippen LogP contribution in [0.3, 0.4) is 0 Å². The predicted molar refractivity (Wildman–Crippen MR) is 71.0 cm³/mol. The Balaban J connectivity index is 2.00. The Morgan fingerprint density at radius 1 is 1.37 bits per heavy atom. The van der Waals surface area contributed by atoms with Crippen LogP contribution in [0.2, 0.25) is 0 Å². The van der Waals surface area contributed by atoms with Gasteiger partial charge in [-0.3, -0.25) is 4.79 Å². The van der Waals surface area contributed by atoms with Gasteiger partial charge in [-0.1, -0.05) is 25.8 Å². The average Bonchev–Trinajstić information content (AvgIpc) is 2.98. The molecule has 0 spiro atoms. The topological polar surface area (TPSA) is 72.7 Å². The number of benzene rings is 1. The van der Waals surface area contributed by atoms with Gasteiger partial charge in [-0.2, -0.15) is 0 Å². The van der Waals surface area contributed by atoms with Crippen molar-refractivity contribution in [2.75, 3.05) is 6.54 Å². The van der Waals surface area contributed by atoms with Crippen molar-refractivity contribution in [2.24, 2.45) is 0 Å². The molecule has 0 aliphatic carbocycles. The Labute approximate surface area is 111 Å². The summed E-state index contributed by atoms with van der Waals surface area (Å²) in [6.07, 6.45) is 4.78. The van der Waals surface area contributed by atoms with Gasteiger partial charge in [-0.05, 0) is 35.0 Å². The molecule has 2 aromatic rings. The van der Waals surface area contributed by atoms with Gasteiger partial charge >= 0.3 is 0 Å². The van der Waals surface area contributed by atoms with Crippen LogP contribution in [0.4, 0.5) is 0 Å². The minimum Gasteiger partial charge on any atom is -0.352 e. The van der Waals surface area contributed by atoms with Crippen LogP contribution in [0.25, 0.3) is 5.69 Å². The lowest BCUT2D eigenvalue weighted by atomic mass is 10.2. The van der Waals surface area contributed by atoms with Crippen LogP contribution in [0, 0.1) is 0 Å². The largest absolute Gasteiger partial charge is 0.352 e. The van der Waals surface area contributed by atoms with Gasteiger partial charge in [0.15, 0.2) is 0 Å². The van der Waals surface area contributed by atoms with Crippen LogP contribution in [0.5, 0.6) is 0 Å². The monoisotopic (exact) mass is 259 g/mol. The first-order chi connectivity index (χ1) is 9.31. The standard InChI is InChI=1S/C13H17N5O/c1-2-3-4-8-14-13(19)11-6-5-7-12(9-11)18-10-15-16-17-18/h5-7,9-10H,2-4,8H2,1H3,(H,14,19). The van der Waals surface area contributed by atoms with Gasteiger partial charge in [0.25, 0.3) is 5.91 Å². The number of aromatic nitrogens is 4. The average molecular weight is 259 g/mol. The molecule has 0 aliphatic heterocycles. The van der Waals surface area contributed by atoms with Crippen LogP contribution in [-0.4, -0.2) is 32.7 Å². The highest BCUT2D eigenvalue weighted by atomic mass is 16.1. The Kier molecular flexibility index (Phi) is 4.60. The second-order valence-electron chi connectivity index (χ2n) is 4.27. The third-order valence-corrected chi connectivity index (χ3v) is 2.79. The van der Waals surface area contributed by atoms with Gasteiger partial charge in [0.05, 0.1) is 5.69 Å². The molecule has 6 nitrogen and oxygen atoms in total. The first kappa shape index (κ1) is 13.2. The van der Waals surface area contributed by atoms with Gasteiger partial charge in [-0.15, -0.1) is 5.10 Å². The maximum atomic E-state index is 12.0. The first-order valence-electron chi connectivity index (χ1n) is 6.43. The zero-order valence-corrected chi connectivity index (χ0v) is 10.9. The van der Waals surface area contributed by atoms with E-state index in [4.69, 9.17) is 0 Å². The fraction of sp³-hybridized carbons (Fsp3) is 0.385. The van der Waals surface area contributed by atoms with Crippen molar-refractivity contribution in [1.82, 2.24) is 25.5 Å². The van der Waals surface area contributed by atoms with Gasteiger partial charge in [0, 0.05) is 12.1 Å². The quantitative estimate of drug-likeness (QED) is 0.799. The van der Waals surface area contributed by atoms with Crippen LogP contribution in [0.15, 0.2) is 30.6 Å². The van der Waals surface area contributed by atoms with E-state index in [2.05, 4.69) is 27.8 Å². The Morgan fingerprint density at radius 3 is 3.00 bits per heavy atom. The van der Waals surface area contributed by atoms with Gasteiger partial charge in [-0.25, -0.2) is 4.68 Å². The number of tetrazole rings is 1. The molecule has 0 fully saturated rings. The summed E-state index contributed by atoms with van der Waals surface area (Å²) >= 11 is 0. The van der Waals surface area contributed by atoms with Crippen molar-refractivity contribution in [1.29, 1.82) is 0 Å². The third-order valence-electron chi connectivity index (χ3n) is 2.79. The van der Waals surface area contributed by atoms with E-state index >= 15 is 0 Å². The van der Waals surface area contributed by atoms with Crippen molar-refractivity contribution in [3.8, 4) is 5.69 Å². The highest BCUT2D eigenvalue weighted by Gasteiger charge is 2.06. The zero-order chi connectivity index (χ0) is 13.5. The zero-order valence-electron chi connectivity index (χ0n) is 10.9. The van der Waals surface area contributed by atoms with Gasteiger partial charge in [0.1, 0.15) is 6.33 Å². The molecule has 0 saturated heterocycles. The fourth-order valence-corrected chi connectivity index (χ4v) is 1.75. The molecular formula is C13H17N5O. The first-order valence-corrected chi connectivity index (χ1v) is 6.43. The van der Waals surface area contributed by atoms with Gasteiger partial charge < -0.3 is 5.32 Å². The summed E-state index contributed by atoms with van der Waals surface area (Å²) in [4.78, 5) is 12.0. The molecule has 6 heteroatoms. The molecule has 2 rings (SSSR count). The highest BCUT2D eigenvalue weighted by molar-refractivity contribution is 5.94. The smallest absolute Gasteiger partial charge is 0.251 e. The third kappa shape index (κ3) is 3.61. The summed E-state index contributed by atoms with van der Waals surface area (Å²) in [5, 5.41) is 13.9. The van der Waals surface area contributed by atoms with E-state index < -0.39 is 0 Å². The van der Waals surface area contributed by atoms with Gasteiger partial charge in [0.2, 0.25) is 0 Å². The van der Waals surface area contributed by atoms with Crippen molar-refractivity contribution in [3.05, 3.63) is 36.2 Å². The van der Waals surface area contributed by atoms with Crippen LogP contribution < -0.4 is 5.32 Å². The Bertz CT molecular complexity index is 524. The predicted octanol–water partition coefficient (Wildman–Crippen LogP) is 1.58. The number of carbonyl (C=O) groups is 1. The summed E-state index contributed by atoms with van der Waals surface area (Å²) < 4.78 is 1.52. The number of amides is 1. The van der Waals surface area contributed by atoms with E-state index in [-0.39, 0.29) is 5.91 Å². The van der Waals surface area contributed by atoms with Crippen molar-refractivity contribution < 1.29 is 4.79 Å². The molecule has 100 valence electrons. The van der Waals surface area contributed by atoms with E-state index in [0.717, 1.165) is 24.9 Å². The molecule has 1 heterocycles. The molecule has 1 N–H and O–H groups in total. The summed E-state index contributed by atoms with van der Waals surface area (Å²) in [6.45, 7) is 2.85. The molecule has 0 unspecified atom stereocenters. The Hall–Kier alpha value is -2.24. The van der Waals surface area contributed by atoms with Crippen LogP contribution >= 0.6 is 0 Å². The molecule has 19 heavy (non-hydrogen) atoms. The molecular weight excluding hydrogens is 242 g/mol. The van der Waals surface area contributed by atoms with E-state index in [1.807, 2.05) is 12.1 Å². The summed E-state index contributed by atoms with van der Waals surface area (Å²) in [6, 6.07) is 7.22. The summed E-state index contributed by atoms with van der Waals surface area (Å²) in [5.74, 6) is -0.0639. The molecule has 1 amide bonds. The molecule has 0 radical (unpaired) electrons. The second kappa shape index (κ2) is 6.63. The number of rotatable bonds is 6. The maximum Gasteiger partial charge on any atom is 0.251 e. The van der Waals surface area contributed by atoms with Crippen molar-refractivity contribution >= 4 is 5.91 Å². The highest BCUT2D eigenvalue weighted by Crippen LogP contribution is 2.08. The molecule has 0 aliphatic rings. The second-order valence-corrected chi connectivity index (χ2v) is 4.27. The molecule has 0 saturated carbocycles. The fourth-order valence-electron chi connectivity index (χ4n) is 1.75. The molecule has 1 aromatic heterocycles. The number of nitrogens with one attached hydrogen (secondary N) is 1. The summed E-state index contributed by atoms with van der Waals surface area (Å²) in [5.41, 5.74) is 1.38. The molecule has 0 atom stereocenters. The van der Waals surface area contributed by atoms with E-state index in [9.17, 15) is 4.79 Å². The van der Waals surface area contributed by atoms with Crippen molar-refractivity contribution in [3.63, 3.8) is 0 Å². The van der Waals surface area contributed by atoms with Crippen molar-refractivity contribution in [2.45, 2.75) is 26.2 Å². The number of hydrogen-bond donors (Lipinski definition) is 1. The van der Waals surface area contributed by atoms with E-state index in [0.29, 0.717) is 12.1 Å². The number of unbranched alkanes of at least 4 members (excludes halogenated alkanes) is 2. The maximum absolute atomic E-state index is 12.0. The van der Waals surface area contributed by atoms with E-state index in [1.165, 1.54) is 11.0 Å². The minimum absolute atomic E-state index is 0.0639. The number of nitrogens with zero attached hydrogens (tertiary/aromatic N) is 4. The number of hydrogen-bond acceptors (Lipinski definition) is 4. The van der Waals surface area contributed by atoms with Crippen LogP contribution in [-0.2, 0) is 0 Å². The normalized spacial score (nSPS) is 10.4. The lowest BCUT2D eigenvalue weighted by Crippen LogP contribution is -2.24. The van der Waals surface area contributed by atoms with Crippen LogP contribution in [0.1, 0.15) is 36.5 Å². The molecule has 1 aromatic carbocycles. The lowest BCUT2D eigenvalue weighted by molar-refractivity contribution is 0.0953. The Morgan fingerprint density at radius 2 is 2.26 bits per heavy atom. The number of carbonyl (C=O) groups excluding carboxylic acids is 1. The molecule has 0 bridgehead atoms. The SMILES string of the molecule is CCCCCNC(=O)c1cccc(-n2cnnn2)c1. The van der Waals surface area contributed by atoms with E-state index in [1.54, 1.807) is 12.1 Å². The minimum atomic E-state index is -0.0639.